The molecule has 0 saturated carbocycles. The van der Waals surface area contributed by atoms with Crippen molar-refractivity contribution in [3.05, 3.63) is 59.8 Å². The van der Waals surface area contributed by atoms with Gasteiger partial charge in [-0.15, -0.1) is 0 Å². The number of anilines is 1. The number of aliphatic hydroxyl groups excluding tert-OH is 1. The van der Waals surface area contributed by atoms with Crippen molar-refractivity contribution in [1.29, 1.82) is 0 Å². The lowest BCUT2D eigenvalue weighted by atomic mass is 10.2. The van der Waals surface area contributed by atoms with Gasteiger partial charge >= 0.3 is 0 Å². The van der Waals surface area contributed by atoms with Gasteiger partial charge in [0.15, 0.2) is 0 Å². The molecule has 0 spiro atoms. The Morgan fingerprint density at radius 1 is 1.08 bits per heavy atom. The van der Waals surface area contributed by atoms with E-state index in [2.05, 4.69) is 41.9 Å². The van der Waals surface area contributed by atoms with Gasteiger partial charge in [-0.1, -0.05) is 30.3 Å². The van der Waals surface area contributed by atoms with Gasteiger partial charge in [0.1, 0.15) is 5.75 Å². The van der Waals surface area contributed by atoms with E-state index in [0.29, 0.717) is 13.1 Å². The molecule has 0 amide bonds. The van der Waals surface area contributed by atoms with Crippen LogP contribution >= 0.6 is 0 Å². The molecule has 0 aliphatic carbocycles. The lowest BCUT2D eigenvalue weighted by Gasteiger charge is -2.17. The zero-order valence-corrected chi connectivity index (χ0v) is 14.4. The molecule has 4 nitrogen and oxygen atoms in total. The summed E-state index contributed by atoms with van der Waals surface area (Å²) >= 11 is 0. The maximum Gasteiger partial charge on any atom is 0.141 e. The summed E-state index contributed by atoms with van der Waals surface area (Å²) in [6, 6.07) is 16.1. The second-order valence-corrected chi connectivity index (χ2v) is 6.07. The van der Waals surface area contributed by atoms with Gasteiger partial charge in [-0.05, 0) is 37.6 Å². The molecule has 2 aromatic carbocycles. The van der Waals surface area contributed by atoms with E-state index in [1.807, 2.05) is 30.3 Å². The first kappa shape index (κ1) is 16.4. The molecule has 0 radical (unpaired) electrons. The predicted molar refractivity (Wildman–Crippen MR) is 98.9 cm³/mol. The van der Waals surface area contributed by atoms with E-state index >= 15 is 0 Å². The highest BCUT2D eigenvalue weighted by molar-refractivity contribution is 5.85. The molecular weight excluding hydrogens is 300 g/mol. The Balaban J connectivity index is 1.74. The summed E-state index contributed by atoms with van der Waals surface area (Å²) in [6.07, 6.45) is -0.496. The Bertz CT molecular complexity index is 839. The highest BCUT2D eigenvalue weighted by Gasteiger charge is 2.14. The minimum absolute atomic E-state index is 0.464. The smallest absolute Gasteiger partial charge is 0.141 e. The monoisotopic (exact) mass is 324 g/mol. The van der Waals surface area contributed by atoms with E-state index in [0.717, 1.165) is 11.4 Å². The highest BCUT2D eigenvalue weighted by atomic mass is 16.5. The van der Waals surface area contributed by atoms with E-state index in [9.17, 15) is 5.11 Å². The van der Waals surface area contributed by atoms with Gasteiger partial charge in [0.05, 0.1) is 25.4 Å². The van der Waals surface area contributed by atoms with Gasteiger partial charge in [-0.2, -0.15) is 0 Å². The number of methoxy groups -OCH3 is 1. The number of para-hydroxylation sites is 3. The summed E-state index contributed by atoms with van der Waals surface area (Å²) in [5, 5.41) is 15.0. The molecule has 0 aliphatic rings. The molecular formula is C20H24N2O2. The third-order valence-electron chi connectivity index (χ3n) is 4.57. The number of fused-ring (bicyclic) bond motifs is 1. The zero-order chi connectivity index (χ0) is 17.1. The first-order valence-electron chi connectivity index (χ1n) is 8.21. The molecule has 24 heavy (non-hydrogen) atoms. The van der Waals surface area contributed by atoms with Gasteiger partial charge in [-0.3, -0.25) is 0 Å². The van der Waals surface area contributed by atoms with Crippen LogP contribution in [-0.4, -0.2) is 29.4 Å². The molecule has 0 aliphatic heterocycles. The summed E-state index contributed by atoms with van der Waals surface area (Å²) < 4.78 is 7.52. The Hall–Kier alpha value is -2.46. The van der Waals surface area contributed by atoms with E-state index in [1.54, 1.807) is 7.11 Å². The maximum atomic E-state index is 10.5. The lowest BCUT2D eigenvalue weighted by molar-refractivity contribution is 0.167. The molecule has 0 unspecified atom stereocenters. The van der Waals surface area contributed by atoms with Crippen LogP contribution in [0.15, 0.2) is 48.5 Å². The zero-order valence-electron chi connectivity index (χ0n) is 14.4. The number of hydrogen-bond donors (Lipinski definition) is 2. The molecule has 0 saturated heterocycles. The van der Waals surface area contributed by atoms with Crippen LogP contribution in [0, 0.1) is 13.8 Å². The first-order valence-corrected chi connectivity index (χ1v) is 8.21. The number of nitrogens with zero attached hydrogens (tertiary/aromatic N) is 1. The summed E-state index contributed by atoms with van der Waals surface area (Å²) in [6.45, 7) is 5.26. The normalized spacial score (nSPS) is 12.3. The average molecular weight is 324 g/mol. The van der Waals surface area contributed by atoms with Crippen LogP contribution in [-0.2, 0) is 6.54 Å². The molecule has 1 heterocycles. The Labute approximate surface area is 142 Å². The standard InChI is InChI=1S/C20H24N2O2/c1-14-15(2)22(19-10-6-4-8-17(14)19)13-16(23)12-21-18-9-5-7-11-20(18)24-3/h4-11,16,21,23H,12-13H2,1-3H3/t16-/m0/s1. The molecule has 0 bridgehead atoms. The quantitative estimate of drug-likeness (QED) is 0.726. The third-order valence-corrected chi connectivity index (χ3v) is 4.57. The maximum absolute atomic E-state index is 10.5. The number of aryl methyl sites for hydroxylation is 1. The second kappa shape index (κ2) is 6.97. The van der Waals surface area contributed by atoms with Crippen molar-refractivity contribution in [2.75, 3.05) is 19.0 Å². The fourth-order valence-electron chi connectivity index (χ4n) is 3.13. The van der Waals surface area contributed by atoms with Crippen molar-refractivity contribution in [2.24, 2.45) is 0 Å². The summed E-state index contributed by atoms with van der Waals surface area (Å²) in [4.78, 5) is 0. The highest BCUT2D eigenvalue weighted by Crippen LogP contribution is 2.26. The molecule has 2 N–H and O–H groups in total. The van der Waals surface area contributed by atoms with Crippen molar-refractivity contribution in [3.8, 4) is 5.75 Å². The summed E-state index contributed by atoms with van der Waals surface area (Å²) in [7, 11) is 1.65. The fourth-order valence-corrected chi connectivity index (χ4v) is 3.13. The second-order valence-electron chi connectivity index (χ2n) is 6.07. The van der Waals surface area contributed by atoms with Crippen molar-refractivity contribution in [1.82, 2.24) is 4.57 Å². The van der Waals surface area contributed by atoms with Gasteiger partial charge in [-0.25, -0.2) is 0 Å². The van der Waals surface area contributed by atoms with Crippen LogP contribution in [0.3, 0.4) is 0 Å². The molecule has 1 aromatic heterocycles. The van der Waals surface area contributed by atoms with E-state index in [4.69, 9.17) is 4.74 Å². The van der Waals surface area contributed by atoms with Crippen molar-refractivity contribution in [2.45, 2.75) is 26.5 Å². The molecule has 4 heteroatoms. The fraction of sp³-hybridized carbons (Fsp3) is 0.300. The topological polar surface area (TPSA) is 46.4 Å². The minimum Gasteiger partial charge on any atom is -0.495 e. The van der Waals surface area contributed by atoms with Crippen LogP contribution in [0.4, 0.5) is 5.69 Å². The number of hydrogen-bond acceptors (Lipinski definition) is 3. The molecule has 3 rings (SSSR count). The van der Waals surface area contributed by atoms with Gasteiger partial charge in [0, 0.05) is 23.1 Å². The van der Waals surface area contributed by atoms with Crippen molar-refractivity contribution >= 4 is 16.6 Å². The van der Waals surface area contributed by atoms with Crippen molar-refractivity contribution < 1.29 is 9.84 Å². The predicted octanol–water partition coefficient (Wildman–Crippen LogP) is 3.74. The number of aromatic nitrogens is 1. The first-order chi connectivity index (χ1) is 11.6. The van der Waals surface area contributed by atoms with E-state index in [-0.39, 0.29) is 0 Å². The minimum atomic E-state index is -0.496. The number of rotatable bonds is 6. The Kier molecular flexibility index (Phi) is 4.76. The molecule has 3 aromatic rings. The van der Waals surface area contributed by atoms with Crippen LogP contribution in [0.2, 0.25) is 0 Å². The van der Waals surface area contributed by atoms with Crippen LogP contribution < -0.4 is 10.1 Å². The van der Waals surface area contributed by atoms with E-state index in [1.165, 1.54) is 22.2 Å². The summed E-state index contributed by atoms with van der Waals surface area (Å²) in [5.41, 5.74) is 4.54. The van der Waals surface area contributed by atoms with Gasteiger partial charge in [0.25, 0.3) is 0 Å². The van der Waals surface area contributed by atoms with Crippen LogP contribution in [0.1, 0.15) is 11.3 Å². The number of benzene rings is 2. The molecule has 0 fully saturated rings. The summed E-state index contributed by atoms with van der Waals surface area (Å²) in [5.74, 6) is 0.781. The third kappa shape index (κ3) is 3.10. The lowest BCUT2D eigenvalue weighted by Crippen LogP contribution is -2.25. The average Bonchev–Trinajstić information content (AvgIpc) is 2.85. The Morgan fingerprint density at radius 3 is 2.58 bits per heavy atom. The van der Waals surface area contributed by atoms with Crippen LogP contribution in [0.25, 0.3) is 10.9 Å². The SMILES string of the molecule is COc1ccccc1NC[C@H](O)Cn1c(C)c(C)c2ccccc21. The van der Waals surface area contributed by atoms with Gasteiger partial charge in [0.2, 0.25) is 0 Å². The molecule has 1 atom stereocenters. The Morgan fingerprint density at radius 2 is 1.79 bits per heavy atom. The number of ether oxygens (including phenoxy) is 1. The van der Waals surface area contributed by atoms with Crippen molar-refractivity contribution in [3.63, 3.8) is 0 Å². The molecule has 126 valence electrons. The number of nitrogens with one attached hydrogen (secondary N) is 1. The van der Waals surface area contributed by atoms with Crippen LogP contribution in [0.5, 0.6) is 5.75 Å². The number of aliphatic hydroxyl groups is 1. The van der Waals surface area contributed by atoms with E-state index < -0.39 is 6.10 Å². The van der Waals surface area contributed by atoms with Gasteiger partial charge < -0.3 is 19.7 Å². The largest absolute Gasteiger partial charge is 0.495 e.